The van der Waals surface area contributed by atoms with Crippen LogP contribution in [-0.4, -0.2) is 87.9 Å². The van der Waals surface area contributed by atoms with Crippen molar-refractivity contribution in [2.75, 3.05) is 32.0 Å². The van der Waals surface area contributed by atoms with E-state index >= 15 is 0 Å². The van der Waals surface area contributed by atoms with Crippen LogP contribution in [0.3, 0.4) is 0 Å². The normalized spacial score (nSPS) is 17.9. The van der Waals surface area contributed by atoms with Crippen molar-refractivity contribution in [1.29, 1.82) is 0 Å². The third-order valence-corrected chi connectivity index (χ3v) is 7.46. The van der Waals surface area contributed by atoms with Gasteiger partial charge in [-0.3, -0.25) is 19.3 Å². The van der Waals surface area contributed by atoms with Crippen LogP contribution in [0.1, 0.15) is 38.8 Å². The molecular weight excluding hydrogens is 536 g/mol. The van der Waals surface area contributed by atoms with Crippen molar-refractivity contribution < 1.29 is 43.1 Å². The molecule has 3 heterocycles. The van der Waals surface area contributed by atoms with Crippen molar-refractivity contribution in [1.82, 2.24) is 20.1 Å². The highest BCUT2D eigenvalue weighted by Gasteiger charge is 2.41. The maximum Gasteiger partial charge on any atom is 0.526 e. The number of halogens is 1. The van der Waals surface area contributed by atoms with Crippen LogP contribution >= 0.6 is 11.3 Å². The monoisotopic (exact) mass is 561 g/mol. The van der Waals surface area contributed by atoms with Gasteiger partial charge in [0.15, 0.2) is 10.9 Å². The third-order valence-electron chi connectivity index (χ3n) is 6.57. The number of nitrogens with two attached hydrogens (primary N) is 1. The van der Waals surface area contributed by atoms with Gasteiger partial charge in [0.25, 0.3) is 0 Å². The van der Waals surface area contributed by atoms with Crippen molar-refractivity contribution in [3.05, 3.63) is 39.9 Å². The van der Waals surface area contributed by atoms with Gasteiger partial charge in [0, 0.05) is 38.1 Å². The number of urea groups is 1. The Morgan fingerprint density at radius 1 is 1.31 bits per heavy atom. The molecule has 5 N–H and O–H groups in total. The third kappa shape index (κ3) is 5.71. The summed E-state index contributed by atoms with van der Waals surface area (Å²) < 4.78 is 18.2. The number of ketones is 1. The summed E-state index contributed by atoms with van der Waals surface area (Å²) in [6, 6.07) is 0.942. The molecule has 2 aliphatic rings. The SMILES string of the molecule is Cc1ccc2c(c1C(=O)O)OB(O)[C@@H](CC(=O)C(NC(=O)N1CCN(CCF)C(=O)C1=O)c1cnc(N)s1)C2. The van der Waals surface area contributed by atoms with Gasteiger partial charge >= 0.3 is 30.9 Å². The van der Waals surface area contributed by atoms with Crippen LogP contribution in [-0.2, 0) is 20.8 Å². The van der Waals surface area contributed by atoms with Crippen LogP contribution in [0.2, 0.25) is 5.82 Å². The average molecular weight is 561 g/mol. The van der Waals surface area contributed by atoms with Crippen LogP contribution in [0, 0.1) is 6.92 Å². The zero-order chi connectivity index (χ0) is 28.4. The highest BCUT2D eigenvalue weighted by molar-refractivity contribution is 7.15. The summed E-state index contributed by atoms with van der Waals surface area (Å²) in [6.45, 7) is 0.232. The van der Waals surface area contributed by atoms with E-state index in [2.05, 4.69) is 10.3 Å². The molecule has 4 rings (SSSR count). The summed E-state index contributed by atoms with van der Waals surface area (Å²) in [5, 5.41) is 22.8. The Balaban J connectivity index is 1.52. The number of alkyl halides is 1. The second kappa shape index (κ2) is 11.4. The molecule has 206 valence electrons. The first-order valence-electron chi connectivity index (χ1n) is 11.9. The Kier molecular flexibility index (Phi) is 8.15. The fourth-order valence-corrected chi connectivity index (χ4v) is 5.32. The summed E-state index contributed by atoms with van der Waals surface area (Å²) in [5.41, 5.74) is 6.59. The van der Waals surface area contributed by atoms with Crippen molar-refractivity contribution in [2.24, 2.45) is 0 Å². The minimum Gasteiger partial charge on any atom is -0.535 e. The van der Waals surface area contributed by atoms with Gasteiger partial charge in [-0.15, -0.1) is 0 Å². The van der Waals surface area contributed by atoms with E-state index in [9.17, 15) is 38.5 Å². The molecule has 0 spiro atoms. The summed E-state index contributed by atoms with van der Waals surface area (Å²) in [6.07, 6.45) is 1.12. The van der Waals surface area contributed by atoms with Gasteiger partial charge in [0.05, 0.1) is 4.88 Å². The number of aromatic carboxylic acids is 1. The number of thiazole rings is 1. The number of benzene rings is 1. The molecule has 2 atom stereocenters. The largest absolute Gasteiger partial charge is 0.535 e. The lowest BCUT2D eigenvalue weighted by Crippen LogP contribution is -2.59. The molecule has 1 fully saturated rings. The fraction of sp³-hybridized carbons (Fsp3) is 0.391. The average Bonchev–Trinajstić information content (AvgIpc) is 3.31. The number of carbonyl (C=O) groups excluding carboxylic acids is 4. The summed E-state index contributed by atoms with van der Waals surface area (Å²) in [4.78, 5) is 68.6. The maximum absolute atomic E-state index is 13.5. The van der Waals surface area contributed by atoms with E-state index in [-0.39, 0.29) is 53.8 Å². The van der Waals surface area contributed by atoms with Crippen molar-refractivity contribution in [3.63, 3.8) is 0 Å². The molecule has 2 aliphatic heterocycles. The van der Waals surface area contributed by atoms with Crippen molar-refractivity contribution in [3.8, 4) is 5.75 Å². The number of imide groups is 1. The predicted octanol–water partition coefficient (Wildman–Crippen LogP) is 0.568. The smallest absolute Gasteiger partial charge is 0.526 e. The van der Waals surface area contributed by atoms with E-state index in [1.165, 1.54) is 6.20 Å². The molecule has 16 heteroatoms. The summed E-state index contributed by atoms with van der Waals surface area (Å²) in [5.74, 6) is -4.71. The van der Waals surface area contributed by atoms with E-state index in [1.54, 1.807) is 19.1 Å². The minimum atomic E-state index is -1.51. The zero-order valence-electron chi connectivity index (χ0n) is 20.8. The number of carboxylic acids is 1. The Labute approximate surface area is 225 Å². The minimum absolute atomic E-state index is 0.0360. The number of amides is 4. The van der Waals surface area contributed by atoms with E-state index in [4.69, 9.17) is 10.4 Å². The number of hydrogen-bond acceptors (Lipinski definition) is 10. The molecule has 1 unspecified atom stereocenters. The number of fused-ring (bicyclic) bond motifs is 1. The molecule has 39 heavy (non-hydrogen) atoms. The maximum atomic E-state index is 13.5. The molecule has 0 radical (unpaired) electrons. The molecule has 0 bridgehead atoms. The lowest BCUT2D eigenvalue weighted by molar-refractivity contribution is -0.153. The Bertz CT molecular complexity index is 1340. The quantitative estimate of drug-likeness (QED) is 0.262. The molecule has 0 aliphatic carbocycles. The number of Topliss-reactive ketones (excluding diaryl/α,β-unsaturated/α-hetero) is 1. The summed E-state index contributed by atoms with van der Waals surface area (Å²) in [7, 11) is -1.51. The lowest BCUT2D eigenvalue weighted by atomic mass is 9.64. The molecule has 4 amide bonds. The number of aryl methyl sites for hydroxylation is 1. The van der Waals surface area contributed by atoms with Crippen LogP contribution in [0.15, 0.2) is 18.3 Å². The molecule has 13 nitrogen and oxygen atoms in total. The topological polar surface area (TPSA) is 192 Å². The van der Waals surface area contributed by atoms with Crippen LogP contribution in [0.25, 0.3) is 0 Å². The van der Waals surface area contributed by atoms with Crippen LogP contribution in [0.4, 0.5) is 14.3 Å². The molecular formula is C23H25BFN5O8S. The van der Waals surface area contributed by atoms with Gasteiger partial charge in [-0.1, -0.05) is 23.5 Å². The van der Waals surface area contributed by atoms with E-state index in [1.807, 2.05) is 0 Å². The van der Waals surface area contributed by atoms with Gasteiger partial charge in [0.1, 0.15) is 24.0 Å². The number of nitrogens with zero attached hydrogens (tertiary/aromatic N) is 3. The van der Waals surface area contributed by atoms with Gasteiger partial charge in [-0.25, -0.2) is 19.0 Å². The number of nitrogens with one attached hydrogen (secondary N) is 1. The number of hydrogen-bond donors (Lipinski definition) is 4. The number of carbonyl (C=O) groups is 5. The Morgan fingerprint density at radius 2 is 2.05 bits per heavy atom. The van der Waals surface area contributed by atoms with Gasteiger partial charge in [-0.2, -0.15) is 0 Å². The molecule has 1 saturated heterocycles. The standard InChI is InChI=1S/C23H25BFN5O8S/c1-11-2-3-12-8-13(24(37)38-18(12)16(11)21(34)35)9-14(31)17(15-10-27-22(26)39-15)28-23(36)30-7-6-29(5-4-25)19(32)20(30)33/h2-3,10,13,17,37H,4-9H2,1H3,(H2,26,27)(H,28,36)(H,34,35)/t13-,17?/m1/s1. The first-order valence-corrected chi connectivity index (χ1v) is 12.7. The van der Waals surface area contributed by atoms with Crippen molar-refractivity contribution >= 4 is 53.2 Å². The Morgan fingerprint density at radius 3 is 2.69 bits per heavy atom. The van der Waals surface area contributed by atoms with Crippen LogP contribution in [0.5, 0.6) is 5.75 Å². The first-order chi connectivity index (χ1) is 18.5. The Hall–Kier alpha value is -4.05. The van der Waals surface area contributed by atoms with Crippen molar-refractivity contribution in [2.45, 2.75) is 31.6 Å². The number of piperazine rings is 1. The fourth-order valence-electron chi connectivity index (χ4n) is 4.56. The first kappa shape index (κ1) is 28.0. The number of aromatic nitrogens is 1. The summed E-state index contributed by atoms with van der Waals surface area (Å²) >= 11 is 0.931. The van der Waals surface area contributed by atoms with Crippen LogP contribution < -0.4 is 15.7 Å². The van der Waals surface area contributed by atoms with E-state index < -0.39 is 55.3 Å². The second-order valence-corrected chi connectivity index (χ2v) is 10.2. The number of nitrogen functional groups attached to an aromatic ring is 1. The highest BCUT2D eigenvalue weighted by atomic mass is 32.1. The zero-order valence-corrected chi connectivity index (χ0v) is 21.6. The number of rotatable bonds is 8. The molecule has 2 aromatic rings. The van der Waals surface area contributed by atoms with E-state index in [0.717, 1.165) is 16.2 Å². The van der Waals surface area contributed by atoms with Gasteiger partial charge < -0.3 is 30.7 Å². The predicted molar refractivity (Wildman–Crippen MR) is 136 cm³/mol. The molecule has 1 aromatic carbocycles. The van der Waals surface area contributed by atoms with E-state index in [0.29, 0.717) is 16.0 Å². The number of carboxylic acid groups (broad SMARTS) is 1. The van der Waals surface area contributed by atoms with Gasteiger partial charge in [-0.05, 0) is 24.5 Å². The molecule has 0 saturated carbocycles. The van der Waals surface area contributed by atoms with Gasteiger partial charge in [0.2, 0.25) is 0 Å². The molecule has 1 aromatic heterocycles. The second-order valence-electron chi connectivity index (χ2n) is 9.12. The lowest BCUT2D eigenvalue weighted by Gasteiger charge is -2.33. The highest BCUT2D eigenvalue weighted by Crippen LogP contribution is 2.38. The number of anilines is 1.